The van der Waals surface area contributed by atoms with Gasteiger partial charge in [0.25, 0.3) is 0 Å². The molecule has 6 heteroatoms. The quantitative estimate of drug-likeness (QED) is 0.866. The Balaban J connectivity index is 1.62. The second-order valence-electron chi connectivity index (χ2n) is 6.24. The Labute approximate surface area is 139 Å². The number of carbonyl (C=O) groups excluding carboxylic acids is 1. The van der Waals surface area contributed by atoms with Crippen LogP contribution in [0.5, 0.6) is 0 Å². The molecule has 0 unspecified atom stereocenters. The number of likely N-dealkylation sites (tertiary alicyclic amines) is 1. The number of hydrogen-bond donors (Lipinski definition) is 1. The highest BCUT2D eigenvalue weighted by Crippen LogP contribution is 2.24. The number of aromatic amines is 1. The van der Waals surface area contributed by atoms with Crippen LogP contribution in [0.25, 0.3) is 11.0 Å². The van der Waals surface area contributed by atoms with Crippen molar-refractivity contribution in [3.05, 3.63) is 23.2 Å². The van der Waals surface area contributed by atoms with Gasteiger partial charge in [-0.25, -0.2) is 4.98 Å². The fraction of sp³-hybridized carbons (Fsp3) is 0.500. The lowest BCUT2D eigenvalue weighted by Crippen LogP contribution is -2.43. The number of aromatic nitrogens is 2. The van der Waals surface area contributed by atoms with E-state index in [1.54, 1.807) is 0 Å². The zero-order valence-electron chi connectivity index (χ0n) is 12.8. The molecule has 118 valence electrons. The number of hydrogen-bond acceptors (Lipinski definition) is 3. The largest absolute Gasteiger partial charge is 0.341 e. The normalized spacial score (nSPS) is 22.2. The first-order chi connectivity index (χ1) is 10.5. The molecule has 0 saturated carbocycles. The summed E-state index contributed by atoms with van der Waals surface area (Å²) in [7, 11) is 0. The number of H-pyrrole nitrogens is 1. The zero-order chi connectivity index (χ0) is 15.7. The number of thioether (sulfide) groups is 1. The van der Waals surface area contributed by atoms with E-state index in [2.05, 4.69) is 23.8 Å². The number of imidazole rings is 1. The molecule has 1 fully saturated rings. The third-order valence-electron chi connectivity index (χ3n) is 3.98. The Morgan fingerprint density at radius 1 is 1.41 bits per heavy atom. The third kappa shape index (κ3) is 3.58. The van der Waals surface area contributed by atoms with Gasteiger partial charge >= 0.3 is 0 Å². The second kappa shape index (κ2) is 6.50. The fourth-order valence-electron chi connectivity index (χ4n) is 3.11. The number of piperidine rings is 1. The summed E-state index contributed by atoms with van der Waals surface area (Å²) in [6.45, 7) is 6.18. The number of halogens is 1. The molecule has 1 amide bonds. The van der Waals surface area contributed by atoms with Gasteiger partial charge in [0.2, 0.25) is 5.91 Å². The van der Waals surface area contributed by atoms with Crippen LogP contribution in [0, 0.1) is 11.8 Å². The predicted octanol–water partition coefficient (Wildman–Crippen LogP) is 3.81. The molecule has 2 heterocycles. The van der Waals surface area contributed by atoms with Gasteiger partial charge in [-0.2, -0.15) is 0 Å². The molecule has 2 aromatic rings. The maximum Gasteiger partial charge on any atom is 0.233 e. The number of nitrogens with zero attached hydrogens (tertiary/aromatic N) is 2. The highest BCUT2D eigenvalue weighted by atomic mass is 35.5. The van der Waals surface area contributed by atoms with Gasteiger partial charge in [0.1, 0.15) is 0 Å². The van der Waals surface area contributed by atoms with Crippen LogP contribution in [0.2, 0.25) is 5.02 Å². The average Bonchev–Trinajstić information content (AvgIpc) is 2.85. The minimum Gasteiger partial charge on any atom is -0.341 e. The van der Waals surface area contributed by atoms with Gasteiger partial charge in [-0.15, -0.1) is 0 Å². The van der Waals surface area contributed by atoms with Crippen molar-refractivity contribution >= 4 is 40.3 Å². The lowest BCUT2D eigenvalue weighted by atomic mass is 9.92. The van der Waals surface area contributed by atoms with Crippen molar-refractivity contribution in [1.29, 1.82) is 0 Å². The van der Waals surface area contributed by atoms with E-state index in [9.17, 15) is 4.79 Å². The molecule has 1 aromatic heterocycles. The SMILES string of the molecule is C[C@H]1C[C@H](C)CN(C(=O)CSc2nc3ccc(Cl)cc3[nH]2)C1. The van der Waals surface area contributed by atoms with E-state index in [1.807, 2.05) is 23.1 Å². The molecular formula is C16H20ClN3OS. The van der Waals surface area contributed by atoms with Crippen molar-refractivity contribution in [3.8, 4) is 0 Å². The standard InChI is InChI=1S/C16H20ClN3OS/c1-10-5-11(2)8-20(7-10)15(21)9-22-16-18-13-4-3-12(17)6-14(13)19-16/h3-4,6,10-11H,5,7-9H2,1-2H3,(H,18,19)/t10-,11-/m0/s1. The van der Waals surface area contributed by atoms with Crippen LogP contribution in [0.15, 0.2) is 23.4 Å². The first-order valence-electron chi connectivity index (χ1n) is 7.57. The number of benzene rings is 1. The van der Waals surface area contributed by atoms with Crippen molar-refractivity contribution < 1.29 is 4.79 Å². The summed E-state index contributed by atoms with van der Waals surface area (Å²) >= 11 is 7.42. The van der Waals surface area contributed by atoms with Crippen molar-refractivity contribution in [2.45, 2.75) is 25.4 Å². The molecule has 1 N–H and O–H groups in total. The second-order valence-corrected chi connectivity index (χ2v) is 7.64. The number of carbonyl (C=O) groups is 1. The van der Waals surface area contributed by atoms with Crippen LogP contribution in [-0.2, 0) is 4.79 Å². The Morgan fingerprint density at radius 2 is 2.14 bits per heavy atom. The van der Waals surface area contributed by atoms with Gasteiger partial charge in [-0.05, 0) is 36.5 Å². The predicted molar refractivity (Wildman–Crippen MR) is 91.4 cm³/mol. The van der Waals surface area contributed by atoms with Crippen molar-refractivity contribution in [2.24, 2.45) is 11.8 Å². The fourth-order valence-corrected chi connectivity index (χ4v) is 4.07. The highest BCUT2D eigenvalue weighted by molar-refractivity contribution is 7.99. The molecule has 1 aliphatic rings. The minimum atomic E-state index is 0.196. The van der Waals surface area contributed by atoms with Gasteiger partial charge in [0.15, 0.2) is 5.16 Å². The van der Waals surface area contributed by atoms with Crippen LogP contribution >= 0.6 is 23.4 Å². The molecule has 0 bridgehead atoms. The van der Waals surface area contributed by atoms with Crippen molar-refractivity contribution in [1.82, 2.24) is 14.9 Å². The third-order valence-corrected chi connectivity index (χ3v) is 5.07. The molecule has 4 nitrogen and oxygen atoms in total. The van der Waals surface area contributed by atoms with Crippen molar-refractivity contribution in [3.63, 3.8) is 0 Å². The van der Waals surface area contributed by atoms with Crippen molar-refractivity contribution in [2.75, 3.05) is 18.8 Å². The molecule has 0 aliphatic carbocycles. The first-order valence-corrected chi connectivity index (χ1v) is 8.93. The Hall–Kier alpha value is -1.20. The maximum absolute atomic E-state index is 12.4. The number of amides is 1. The summed E-state index contributed by atoms with van der Waals surface area (Å²) < 4.78 is 0. The maximum atomic E-state index is 12.4. The minimum absolute atomic E-state index is 0.196. The van der Waals surface area contributed by atoms with E-state index in [-0.39, 0.29) is 5.91 Å². The van der Waals surface area contributed by atoms with Crippen LogP contribution < -0.4 is 0 Å². The Bertz CT molecular complexity index is 677. The van der Waals surface area contributed by atoms with Gasteiger partial charge in [0.05, 0.1) is 16.8 Å². The summed E-state index contributed by atoms with van der Waals surface area (Å²) in [6.07, 6.45) is 1.21. The van der Waals surface area contributed by atoms with E-state index in [0.29, 0.717) is 22.6 Å². The zero-order valence-corrected chi connectivity index (χ0v) is 14.4. The number of fused-ring (bicyclic) bond motifs is 1. The molecule has 22 heavy (non-hydrogen) atoms. The van der Waals surface area contributed by atoms with Gasteiger partial charge in [-0.3, -0.25) is 4.79 Å². The topological polar surface area (TPSA) is 49.0 Å². The summed E-state index contributed by atoms with van der Waals surface area (Å²) in [5.74, 6) is 1.80. The lowest BCUT2D eigenvalue weighted by molar-refractivity contribution is -0.130. The average molecular weight is 338 g/mol. The summed E-state index contributed by atoms with van der Waals surface area (Å²) in [4.78, 5) is 22.1. The molecule has 2 atom stereocenters. The van der Waals surface area contributed by atoms with E-state index in [1.165, 1.54) is 18.2 Å². The molecule has 1 aromatic carbocycles. The van der Waals surface area contributed by atoms with Crippen LogP contribution in [0.4, 0.5) is 0 Å². The van der Waals surface area contributed by atoms with E-state index in [0.717, 1.165) is 29.3 Å². The number of rotatable bonds is 3. The number of nitrogens with one attached hydrogen (secondary N) is 1. The summed E-state index contributed by atoms with van der Waals surface area (Å²) in [5.41, 5.74) is 1.78. The first kappa shape index (κ1) is 15.7. The van der Waals surface area contributed by atoms with Gasteiger partial charge in [0, 0.05) is 18.1 Å². The molecule has 0 spiro atoms. The highest BCUT2D eigenvalue weighted by Gasteiger charge is 2.25. The monoisotopic (exact) mass is 337 g/mol. The molecule has 1 aliphatic heterocycles. The van der Waals surface area contributed by atoms with E-state index in [4.69, 9.17) is 11.6 Å². The summed E-state index contributed by atoms with van der Waals surface area (Å²) in [5, 5.41) is 1.45. The lowest BCUT2D eigenvalue weighted by Gasteiger charge is -2.34. The van der Waals surface area contributed by atoms with Gasteiger partial charge < -0.3 is 9.88 Å². The molecule has 0 radical (unpaired) electrons. The van der Waals surface area contributed by atoms with Crippen LogP contribution in [0.3, 0.4) is 0 Å². The molecular weight excluding hydrogens is 318 g/mol. The molecule has 3 rings (SSSR count). The van der Waals surface area contributed by atoms with Crippen LogP contribution in [0.1, 0.15) is 20.3 Å². The Kier molecular flexibility index (Phi) is 4.64. The Morgan fingerprint density at radius 3 is 2.86 bits per heavy atom. The van der Waals surface area contributed by atoms with E-state index >= 15 is 0 Å². The smallest absolute Gasteiger partial charge is 0.233 e. The molecule has 1 saturated heterocycles. The van der Waals surface area contributed by atoms with Crippen LogP contribution in [-0.4, -0.2) is 39.6 Å². The van der Waals surface area contributed by atoms with Gasteiger partial charge in [-0.1, -0.05) is 37.2 Å². The summed E-state index contributed by atoms with van der Waals surface area (Å²) in [6, 6.07) is 5.55. The van der Waals surface area contributed by atoms with E-state index < -0.39 is 0 Å².